The lowest BCUT2D eigenvalue weighted by atomic mass is 10.2. The second kappa shape index (κ2) is 7.22. The van der Waals surface area contributed by atoms with Crippen molar-refractivity contribution in [3.05, 3.63) is 52.6 Å². The fraction of sp³-hybridized carbons (Fsp3) is 0.250. The highest BCUT2D eigenvalue weighted by molar-refractivity contribution is 9.10. The summed E-state index contributed by atoms with van der Waals surface area (Å²) in [6.07, 6.45) is 1.65. The minimum absolute atomic E-state index is 0.160. The lowest BCUT2D eigenvalue weighted by Gasteiger charge is -2.09. The number of carbonyl (C=O) groups is 1. The second-order valence-electron chi connectivity index (χ2n) is 5.14. The van der Waals surface area contributed by atoms with Crippen LogP contribution in [0.25, 0.3) is 0 Å². The smallest absolute Gasteiger partial charge is 0.256 e. The first-order valence-electron chi connectivity index (χ1n) is 6.82. The molecule has 1 heterocycles. The van der Waals surface area contributed by atoms with Gasteiger partial charge in [0, 0.05) is 11.0 Å². The van der Waals surface area contributed by atoms with Crippen LogP contribution in [0.5, 0.6) is 0 Å². The summed E-state index contributed by atoms with van der Waals surface area (Å²) in [6, 6.07) is 11.0. The molecule has 2 N–H and O–H groups in total. The number of hydrogen-bond acceptors (Lipinski definition) is 3. The molecule has 0 aliphatic rings. The van der Waals surface area contributed by atoms with Gasteiger partial charge in [-0.25, -0.2) is 4.98 Å². The molecule has 0 bridgehead atoms. The summed E-state index contributed by atoms with van der Waals surface area (Å²) < 4.78 is 0.769. The van der Waals surface area contributed by atoms with Crippen LogP contribution in [0.4, 0.5) is 11.5 Å². The zero-order valence-corrected chi connectivity index (χ0v) is 13.6. The molecule has 0 spiro atoms. The molecule has 0 fully saturated rings. The number of anilines is 2. The van der Waals surface area contributed by atoms with E-state index in [-0.39, 0.29) is 5.91 Å². The molecule has 21 heavy (non-hydrogen) atoms. The van der Waals surface area contributed by atoms with Crippen molar-refractivity contribution < 1.29 is 4.79 Å². The average molecular weight is 348 g/mol. The molecule has 110 valence electrons. The first-order valence-corrected chi connectivity index (χ1v) is 7.61. The third-order valence-electron chi connectivity index (χ3n) is 2.83. The van der Waals surface area contributed by atoms with Crippen LogP contribution in [-0.4, -0.2) is 17.4 Å². The van der Waals surface area contributed by atoms with Gasteiger partial charge in [0.1, 0.15) is 5.82 Å². The molecule has 0 saturated carbocycles. The fourth-order valence-corrected chi connectivity index (χ4v) is 2.19. The molecular formula is C16H18BrN3O. The Balaban J connectivity index is 2.00. The predicted octanol–water partition coefficient (Wildman–Crippen LogP) is 4.16. The van der Waals surface area contributed by atoms with E-state index >= 15 is 0 Å². The minimum Gasteiger partial charge on any atom is -0.370 e. The van der Waals surface area contributed by atoms with Crippen molar-refractivity contribution in [2.75, 3.05) is 17.2 Å². The molecule has 1 aromatic carbocycles. The second-order valence-corrected chi connectivity index (χ2v) is 6.00. The molecule has 0 atom stereocenters. The topological polar surface area (TPSA) is 54.0 Å². The number of pyridine rings is 1. The molecular weight excluding hydrogens is 330 g/mol. The van der Waals surface area contributed by atoms with E-state index < -0.39 is 0 Å². The van der Waals surface area contributed by atoms with Gasteiger partial charge in [0.25, 0.3) is 5.91 Å². The van der Waals surface area contributed by atoms with E-state index in [2.05, 4.69) is 45.4 Å². The van der Waals surface area contributed by atoms with Gasteiger partial charge in [-0.15, -0.1) is 0 Å². The number of benzene rings is 1. The maximum Gasteiger partial charge on any atom is 0.256 e. The quantitative estimate of drug-likeness (QED) is 0.853. The van der Waals surface area contributed by atoms with E-state index in [0.29, 0.717) is 17.2 Å². The number of hydrogen-bond donors (Lipinski definition) is 2. The van der Waals surface area contributed by atoms with Crippen LogP contribution in [0.15, 0.2) is 47.1 Å². The highest BCUT2D eigenvalue weighted by Gasteiger charge is 2.09. The third kappa shape index (κ3) is 4.56. The SMILES string of the molecule is CC(C)CNc1ccc(NC(=O)c2ccccc2Br)cn1. The summed E-state index contributed by atoms with van der Waals surface area (Å²) in [4.78, 5) is 16.4. The van der Waals surface area contributed by atoms with E-state index in [4.69, 9.17) is 0 Å². The van der Waals surface area contributed by atoms with E-state index in [0.717, 1.165) is 16.8 Å². The van der Waals surface area contributed by atoms with Crippen LogP contribution in [0, 0.1) is 5.92 Å². The zero-order valence-electron chi connectivity index (χ0n) is 12.1. The van der Waals surface area contributed by atoms with Crippen molar-refractivity contribution in [1.82, 2.24) is 4.98 Å². The number of nitrogens with one attached hydrogen (secondary N) is 2. The van der Waals surface area contributed by atoms with Crippen molar-refractivity contribution in [3.8, 4) is 0 Å². The predicted molar refractivity (Wildman–Crippen MR) is 89.7 cm³/mol. The van der Waals surface area contributed by atoms with Crippen LogP contribution in [0.1, 0.15) is 24.2 Å². The van der Waals surface area contributed by atoms with Gasteiger partial charge in [-0.2, -0.15) is 0 Å². The maximum absolute atomic E-state index is 12.2. The number of amides is 1. The van der Waals surface area contributed by atoms with Crippen molar-refractivity contribution in [1.29, 1.82) is 0 Å². The van der Waals surface area contributed by atoms with Gasteiger partial charge < -0.3 is 10.6 Å². The molecule has 0 aliphatic heterocycles. The number of aromatic nitrogens is 1. The monoisotopic (exact) mass is 347 g/mol. The zero-order chi connectivity index (χ0) is 15.2. The molecule has 5 heteroatoms. The van der Waals surface area contributed by atoms with Crippen molar-refractivity contribution in [3.63, 3.8) is 0 Å². The van der Waals surface area contributed by atoms with Crippen LogP contribution < -0.4 is 10.6 Å². The summed E-state index contributed by atoms with van der Waals surface area (Å²) in [7, 11) is 0. The molecule has 4 nitrogen and oxygen atoms in total. The number of halogens is 1. The average Bonchev–Trinajstić information content (AvgIpc) is 2.47. The molecule has 2 aromatic rings. The lowest BCUT2D eigenvalue weighted by molar-refractivity contribution is 0.102. The Morgan fingerprint density at radius 1 is 1.24 bits per heavy atom. The first-order chi connectivity index (χ1) is 10.1. The summed E-state index contributed by atoms with van der Waals surface area (Å²) in [5.41, 5.74) is 1.27. The molecule has 0 aliphatic carbocycles. The van der Waals surface area contributed by atoms with E-state index in [1.165, 1.54) is 0 Å². The molecule has 2 rings (SSSR count). The van der Waals surface area contributed by atoms with Gasteiger partial charge in [-0.1, -0.05) is 26.0 Å². The van der Waals surface area contributed by atoms with Crippen LogP contribution >= 0.6 is 15.9 Å². The number of carbonyl (C=O) groups excluding carboxylic acids is 1. The van der Waals surface area contributed by atoms with Gasteiger partial charge in [0.15, 0.2) is 0 Å². The van der Waals surface area contributed by atoms with E-state index in [1.807, 2.05) is 30.3 Å². The van der Waals surface area contributed by atoms with E-state index in [1.54, 1.807) is 12.3 Å². The van der Waals surface area contributed by atoms with Crippen LogP contribution in [0.2, 0.25) is 0 Å². The van der Waals surface area contributed by atoms with Gasteiger partial charge in [-0.05, 0) is 46.1 Å². The van der Waals surface area contributed by atoms with Gasteiger partial charge in [-0.3, -0.25) is 4.79 Å². The molecule has 0 radical (unpaired) electrons. The van der Waals surface area contributed by atoms with Crippen LogP contribution in [0.3, 0.4) is 0 Å². The first kappa shape index (κ1) is 15.5. The van der Waals surface area contributed by atoms with E-state index in [9.17, 15) is 4.79 Å². The number of rotatable bonds is 5. The lowest BCUT2D eigenvalue weighted by Crippen LogP contribution is -2.13. The molecule has 1 aromatic heterocycles. The Bertz CT molecular complexity index is 611. The highest BCUT2D eigenvalue weighted by Crippen LogP contribution is 2.18. The normalized spacial score (nSPS) is 10.5. The van der Waals surface area contributed by atoms with Gasteiger partial charge in [0.2, 0.25) is 0 Å². The summed E-state index contributed by atoms with van der Waals surface area (Å²) in [5.74, 6) is 1.20. The largest absolute Gasteiger partial charge is 0.370 e. The van der Waals surface area contributed by atoms with Crippen molar-refractivity contribution in [2.24, 2.45) is 5.92 Å². The summed E-state index contributed by atoms with van der Waals surface area (Å²) >= 11 is 3.37. The van der Waals surface area contributed by atoms with Gasteiger partial charge >= 0.3 is 0 Å². The molecule has 0 saturated heterocycles. The Hall–Kier alpha value is -1.88. The fourth-order valence-electron chi connectivity index (χ4n) is 1.72. The Morgan fingerprint density at radius 3 is 2.62 bits per heavy atom. The number of nitrogens with zero attached hydrogens (tertiary/aromatic N) is 1. The Morgan fingerprint density at radius 2 is 2.00 bits per heavy atom. The van der Waals surface area contributed by atoms with Crippen molar-refractivity contribution in [2.45, 2.75) is 13.8 Å². The minimum atomic E-state index is -0.160. The molecule has 0 unspecified atom stereocenters. The standard InChI is InChI=1S/C16H18BrN3O/c1-11(2)9-18-15-8-7-12(10-19-15)20-16(21)13-5-3-4-6-14(13)17/h3-8,10-11H,9H2,1-2H3,(H,18,19)(H,20,21). The summed E-state index contributed by atoms with van der Waals surface area (Å²) in [6.45, 7) is 5.15. The Kier molecular flexibility index (Phi) is 5.33. The molecule has 1 amide bonds. The summed E-state index contributed by atoms with van der Waals surface area (Å²) in [5, 5.41) is 6.07. The Labute approximate surface area is 133 Å². The third-order valence-corrected chi connectivity index (χ3v) is 3.52. The van der Waals surface area contributed by atoms with Crippen LogP contribution in [-0.2, 0) is 0 Å². The highest BCUT2D eigenvalue weighted by atomic mass is 79.9. The maximum atomic E-state index is 12.2. The van der Waals surface area contributed by atoms with Gasteiger partial charge in [0.05, 0.1) is 17.4 Å². The van der Waals surface area contributed by atoms with Crippen molar-refractivity contribution >= 4 is 33.3 Å².